The van der Waals surface area contributed by atoms with Crippen LogP contribution >= 0.6 is 0 Å². The Morgan fingerprint density at radius 3 is 2.58 bits per heavy atom. The van der Waals surface area contributed by atoms with E-state index >= 15 is 0 Å². The third-order valence-corrected chi connectivity index (χ3v) is 3.76. The summed E-state index contributed by atoms with van der Waals surface area (Å²) >= 11 is 0. The van der Waals surface area contributed by atoms with Crippen LogP contribution < -0.4 is 16.0 Å². The molecule has 124 valence electrons. The molecule has 0 aliphatic heterocycles. The Bertz CT molecular complexity index is 739. The second-order valence-electron chi connectivity index (χ2n) is 5.91. The Balaban J connectivity index is 1.50. The Morgan fingerprint density at radius 2 is 1.92 bits per heavy atom. The van der Waals surface area contributed by atoms with Crippen LogP contribution in [0.3, 0.4) is 0 Å². The van der Waals surface area contributed by atoms with Crippen molar-refractivity contribution in [2.75, 3.05) is 10.6 Å². The van der Waals surface area contributed by atoms with Gasteiger partial charge in [0, 0.05) is 30.0 Å². The minimum atomic E-state index is -0.293. The first-order valence-corrected chi connectivity index (χ1v) is 7.97. The second kappa shape index (κ2) is 7.12. The average molecular weight is 324 g/mol. The van der Waals surface area contributed by atoms with E-state index in [1.165, 1.54) is 19.8 Å². The average Bonchev–Trinajstić information content (AvgIpc) is 3.38. The van der Waals surface area contributed by atoms with Gasteiger partial charge in [-0.25, -0.2) is 9.78 Å². The van der Waals surface area contributed by atoms with E-state index in [1.54, 1.807) is 30.5 Å². The highest BCUT2D eigenvalue weighted by Crippen LogP contribution is 2.23. The molecule has 1 heterocycles. The van der Waals surface area contributed by atoms with Crippen molar-refractivity contribution in [1.29, 1.82) is 0 Å². The summed E-state index contributed by atoms with van der Waals surface area (Å²) < 4.78 is 0. The maximum Gasteiger partial charge on any atom is 0.319 e. The lowest BCUT2D eigenvalue weighted by Gasteiger charge is -2.09. The monoisotopic (exact) mass is 324 g/mol. The summed E-state index contributed by atoms with van der Waals surface area (Å²) in [5.41, 5.74) is 2.24. The molecule has 3 N–H and O–H groups in total. The Hall–Kier alpha value is -2.89. The summed E-state index contributed by atoms with van der Waals surface area (Å²) in [5.74, 6) is 0.844. The molecule has 1 saturated carbocycles. The fraction of sp³-hybridized carbons (Fsp3) is 0.278. The van der Waals surface area contributed by atoms with Gasteiger partial charge in [0.25, 0.3) is 0 Å². The van der Waals surface area contributed by atoms with Crippen LogP contribution in [0, 0.1) is 0 Å². The predicted molar refractivity (Wildman–Crippen MR) is 93.2 cm³/mol. The molecule has 3 rings (SSSR count). The summed E-state index contributed by atoms with van der Waals surface area (Å²) in [6.07, 6.45) is 4.12. The van der Waals surface area contributed by atoms with Gasteiger partial charge in [0.05, 0.1) is 0 Å². The van der Waals surface area contributed by atoms with Crippen LogP contribution in [0.25, 0.3) is 0 Å². The molecule has 24 heavy (non-hydrogen) atoms. The molecule has 0 radical (unpaired) electrons. The van der Waals surface area contributed by atoms with Crippen LogP contribution in [0.1, 0.15) is 35.7 Å². The van der Waals surface area contributed by atoms with E-state index in [-0.39, 0.29) is 11.8 Å². The first-order valence-electron chi connectivity index (χ1n) is 7.97. The zero-order valence-corrected chi connectivity index (χ0v) is 13.5. The Labute approximate surface area is 140 Å². The van der Waals surface area contributed by atoms with E-state index in [4.69, 9.17) is 0 Å². The number of anilines is 2. The standard InChI is InChI=1S/C18H20N4O2/c1-12(23)14-2-4-16(5-3-14)22-18(24)20-11-13-8-9-19-17(10-13)21-15-6-7-15/h2-5,8-10,15H,6-7,11H2,1H3,(H,19,21)(H2,20,22,24). The van der Waals surface area contributed by atoms with Crippen molar-refractivity contribution in [1.82, 2.24) is 10.3 Å². The van der Waals surface area contributed by atoms with Crippen molar-refractivity contribution < 1.29 is 9.59 Å². The summed E-state index contributed by atoms with van der Waals surface area (Å²) in [6, 6.07) is 10.9. The number of benzene rings is 1. The third-order valence-electron chi connectivity index (χ3n) is 3.76. The molecule has 0 saturated heterocycles. The number of carbonyl (C=O) groups excluding carboxylic acids is 2. The molecule has 0 bridgehead atoms. The molecule has 0 spiro atoms. The number of hydrogen-bond donors (Lipinski definition) is 3. The molecule has 1 aromatic heterocycles. The largest absolute Gasteiger partial charge is 0.367 e. The van der Waals surface area contributed by atoms with Gasteiger partial charge in [-0.1, -0.05) is 0 Å². The number of carbonyl (C=O) groups is 2. The highest BCUT2D eigenvalue weighted by atomic mass is 16.2. The number of ketones is 1. The number of nitrogens with zero attached hydrogens (tertiary/aromatic N) is 1. The SMILES string of the molecule is CC(=O)c1ccc(NC(=O)NCc2ccnc(NC3CC3)c2)cc1. The van der Waals surface area contributed by atoms with Gasteiger partial charge < -0.3 is 16.0 Å². The molecule has 6 nitrogen and oxygen atoms in total. The van der Waals surface area contributed by atoms with E-state index in [9.17, 15) is 9.59 Å². The van der Waals surface area contributed by atoms with E-state index in [0.717, 1.165) is 11.4 Å². The lowest BCUT2D eigenvalue weighted by molar-refractivity contribution is 0.101. The number of nitrogens with one attached hydrogen (secondary N) is 3. The van der Waals surface area contributed by atoms with Gasteiger partial charge in [-0.2, -0.15) is 0 Å². The number of Topliss-reactive ketones (excluding diaryl/α,β-unsaturated/α-hetero) is 1. The van der Waals surface area contributed by atoms with Crippen LogP contribution in [0.2, 0.25) is 0 Å². The van der Waals surface area contributed by atoms with E-state index in [0.29, 0.717) is 23.8 Å². The predicted octanol–water partition coefficient (Wildman–Crippen LogP) is 3.18. The zero-order chi connectivity index (χ0) is 16.9. The Morgan fingerprint density at radius 1 is 1.17 bits per heavy atom. The zero-order valence-electron chi connectivity index (χ0n) is 13.5. The summed E-state index contributed by atoms with van der Waals surface area (Å²) in [6.45, 7) is 1.93. The molecule has 1 fully saturated rings. The fourth-order valence-corrected chi connectivity index (χ4v) is 2.25. The molecule has 2 aromatic rings. The molecule has 0 unspecified atom stereocenters. The first-order chi connectivity index (χ1) is 11.6. The van der Waals surface area contributed by atoms with Crippen molar-refractivity contribution in [3.05, 3.63) is 53.7 Å². The van der Waals surface area contributed by atoms with Crippen LogP contribution in [-0.2, 0) is 6.54 Å². The highest BCUT2D eigenvalue weighted by molar-refractivity contribution is 5.95. The molecule has 6 heteroatoms. The Kier molecular flexibility index (Phi) is 4.74. The number of hydrogen-bond acceptors (Lipinski definition) is 4. The first kappa shape index (κ1) is 16.0. The number of aromatic nitrogens is 1. The summed E-state index contributed by atoms with van der Waals surface area (Å²) in [4.78, 5) is 27.5. The molecular formula is C18H20N4O2. The molecular weight excluding hydrogens is 304 g/mol. The van der Waals surface area contributed by atoms with Crippen molar-refractivity contribution >= 4 is 23.3 Å². The van der Waals surface area contributed by atoms with Gasteiger partial charge in [-0.3, -0.25) is 4.79 Å². The molecule has 1 aliphatic carbocycles. The quantitative estimate of drug-likeness (QED) is 0.713. The number of rotatable bonds is 6. The second-order valence-corrected chi connectivity index (χ2v) is 5.91. The summed E-state index contributed by atoms with van der Waals surface area (Å²) in [7, 11) is 0. The molecule has 0 atom stereocenters. The lowest BCUT2D eigenvalue weighted by atomic mass is 10.1. The molecule has 1 aromatic carbocycles. The number of pyridine rings is 1. The topological polar surface area (TPSA) is 83.1 Å². The maximum atomic E-state index is 12.0. The minimum absolute atomic E-state index is 0.000648. The minimum Gasteiger partial charge on any atom is -0.367 e. The van der Waals surface area contributed by atoms with Crippen LogP contribution in [-0.4, -0.2) is 22.8 Å². The van der Waals surface area contributed by atoms with Gasteiger partial charge in [-0.15, -0.1) is 0 Å². The van der Waals surface area contributed by atoms with Crippen molar-refractivity contribution in [2.24, 2.45) is 0 Å². The molecule has 1 aliphatic rings. The van der Waals surface area contributed by atoms with Gasteiger partial charge in [0.1, 0.15) is 5.82 Å². The van der Waals surface area contributed by atoms with Crippen molar-refractivity contribution in [3.8, 4) is 0 Å². The number of amides is 2. The highest BCUT2D eigenvalue weighted by Gasteiger charge is 2.21. The van der Waals surface area contributed by atoms with Crippen molar-refractivity contribution in [3.63, 3.8) is 0 Å². The van der Waals surface area contributed by atoms with E-state index in [2.05, 4.69) is 20.9 Å². The molecule has 2 amide bonds. The fourth-order valence-electron chi connectivity index (χ4n) is 2.25. The van der Waals surface area contributed by atoms with Crippen LogP contribution in [0.4, 0.5) is 16.3 Å². The van der Waals surface area contributed by atoms with Crippen LogP contribution in [0.5, 0.6) is 0 Å². The van der Waals surface area contributed by atoms with Gasteiger partial charge >= 0.3 is 6.03 Å². The number of urea groups is 1. The third kappa shape index (κ3) is 4.55. The van der Waals surface area contributed by atoms with Gasteiger partial charge in [-0.05, 0) is 61.7 Å². The van der Waals surface area contributed by atoms with E-state index in [1.807, 2.05) is 12.1 Å². The van der Waals surface area contributed by atoms with Crippen LogP contribution in [0.15, 0.2) is 42.6 Å². The smallest absolute Gasteiger partial charge is 0.319 e. The van der Waals surface area contributed by atoms with Gasteiger partial charge in [0.2, 0.25) is 0 Å². The summed E-state index contributed by atoms with van der Waals surface area (Å²) in [5, 5.41) is 8.88. The maximum absolute atomic E-state index is 12.0. The van der Waals surface area contributed by atoms with E-state index < -0.39 is 0 Å². The lowest BCUT2D eigenvalue weighted by Crippen LogP contribution is -2.28. The normalized spacial score (nSPS) is 13.2. The van der Waals surface area contributed by atoms with Gasteiger partial charge in [0.15, 0.2) is 5.78 Å². The van der Waals surface area contributed by atoms with Crippen molar-refractivity contribution in [2.45, 2.75) is 32.4 Å².